The number of aliphatic hydroxyl groups excluding tert-OH is 2. The maximum Gasteiger partial charge on any atom is 0.270 e. The highest BCUT2D eigenvalue weighted by atomic mass is 16.5. The van der Waals surface area contributed by atoms with Crippen LogP contribution in [0, 0.1) is 0 Å². The lowest BCUT2D eigenvalue weighted by Gasteiger charge is -2.39. The van der Waals surface area contributed by atoms with E-state index in [1.54, 1.807) is 26.0 Å². The SMILES string of the molecule is CCCOc1cc(CO)cc2c1OC(C)(C)C(=O)N2CCO. The number of rotatable bonds is 6. The Bertz CT molecular complexity index is 556. The molecule has 0 saturated heterocycles. The molecule has 2 rings (SSSR count). The van der Waals surface area contributed by atoms with E-state index in [4.69, 9.17) is 9.47 Å². The van der Waals surface area contributed by atoms with Crippen LogP contribution in [0.4, 0.5) is 5.69 Å². The van der Waals surface area contributed by atoms with Crippen molar-refractivity contribution < 1.29 is 24.5 Å². The lowest BCUT2D eigenvalue weighted by atomic mass is 10.0. The van der Waals surface area contributed by atoms with Crippen LogP contribution < -0.4 is 14.4 Å². The van der Waals surface area contributed by atoms with Gasteiger partial charge in [0.15, 0.2) is 17.1 Å². The van der Waals surface area contributed by atoms with E-state index in [9.17, 15) is 15.0 Å². The first-order chi connectivity index (χ1) is 10.4. The van der Waals surface area contributed by atoms with Gasteiger partial charge in [-0.25, -0.2) is 0 Å². The Morgan fingerprint density at radius 2 is 2.05 bits per heavy atom. The van der Waals surface area contributed by atoms with E-state index in [1.165, 1.54) is 4.90 Å². The zero-order valence-electron chi connectivity index (χ0n) is 13.3. The van der Waals surface area contributed by atoms with Gasteiger partial charge in [-0.2, -0.15) is 0 Å². The van der Waals surface area contributed by atoms with Crippen molar-refractivity contribution in [3.63, 3.8) is 0 Å². The molecule has 1 aliphatic rings. The van der Waals surface area contributed by atoms with Gasteiger partial charge in [0.25, 0.3) is 5.91 Å². The minimum absolute atomic E-state index is 0.157. The number of β-amino-alcohol motifs (C(OH)–C–C–N with tert-alkyl or cyclic N) is 1. The van der Waals surface area contributed by atoms with Crippen LogP contribution in [0.25, 0.3) is 0 Å². The summed E-state index contributed by atoms with van der Waals surface area (Å²) in [6.45, 7) is 5.73. The average Bonchev–Trinajstić information content (AvgIpc) is 2.49. The van der Waals surface area contributed by atoms with Crippen LogP contribution in [-0.4, -0.2) is 41.5 Å². The fourth-order valence-corrected chi connectivity index (χ4v) is 2.41. The quantitative estimate of drug-likeness (QED) is 0.832. The van der Waals surface area contributed by atoms with Crippen molar-refractivity contribution in [2.75, 3.05) is 24.7 Å². The molecule has 1 amide bonds. The average molecular weight is 309 g/mol. The molecule has 0 bridgehead atoms. The Morgan fingerprint density at radius 1 is 1.32 bits per heavy atom. The summed E-state index contributed by atoms with van der Waals surface area (Å²) in [6.07, 6.45) is 0.834. The van der Waals surface area contributed by atoms with Crippen LogP contribution in [0.2, 0.25) is 0 Å². The molecule has 1 aromatic rings. The number of anilines is 1. The van der Waals surface area contributed by atoms with Gasteiger partial charge in [-0.05, 0) is 38.0 Å². The highest BCUT2D eigenvalue weighted by Gasteiger charge is 2.42. The highest BCUT2D eigenvalue weighted by Crippen LogP contribution is 2.45. The maximum atomic E-state index is 12.5. The second kappa shape index (κ2) is 6.54. The number of amides is 1. The van der Waals surface area contributed by atoms with Gasteiger partial charge < -0.3 is 24.6 Å². The van der Waals surface area contributed by atoms with E-state index in [0.717, 1.165) is 6.42 Å². The molecule has 6 heteroatoms. The molecule has 1 aliphatic heterocycles. The number of benzene rings is 1. The van der Waals surface area contributed by atoms with E-state index in [1.807, 2.05) is 6.92 Å². The van der Waals surface area contributed by atoms with Gasteiger partial charge in [0.05, 0.1) is 25.5 Å². The first-order valence-electron chi connectivity index (χ1n) is 7.47. The largest absolute Gasteiger partial charge is 0.490 e. The number of hydrogen-bond donors (Lipinski definition) is 2. The summed E-state index contributed by atoms with van der Waals surface area (Å²) < 4.78 is 11.6. The summed E-state index contributed by atoms with van der Waals surface area (Å²) in [6, 6.07) is 3.41. The first kappa shape index (κ1) is 16.6. The first-order valence-corrected chi connectivity index (χ1v) is 7.47. The van der Waals surface area contributed by atoms with Gasteiger partial charge in [-0.15, -0.1) is 0 Å². The molecule has 0 unspecified atom stereocenters. The predicted octanol–water partition coefficient (Wildman–Crippen LogP) is 1.46. The predicted molar refractivity (Wildman–Crippen MR) is 82.3 cm³/mol. The summed E-state index contributed by atoms with van der Waals surface area (Å²) >= 11 is 0. The molecule has 22 heavy (non-hydrogen) atoms. The van der Waals surface area contributed by atoms with Crippen molar-refractivity contribution in [1.29, 1.82) is 0 Å². The van der Waals surface area contributed by atoms with Gasteiger partial charge in [0.1, 0.15) is 0 Å². The van der Waals surface area contributed by atoms with E-state index in [-0.39, 0.29) is 25.7 Å². The van der Waals surface area contributed by atoms with E-state index in [2.05, 4.69) is 0 Å². The van der Waals surface area contributed by atoms with Crippen molar-refractivity contribution in [1.82, 2.24) is 0 Å². The van der Waals surface area contributed by atoms with Crippen LogP contribution >= 0.6 is 0 Å². The third-order valence-electron chi connectivity index (χ3n) is 3.47. The van der Waals surface area contributed by atoms with E-state index >= 15 is 0 Å². The number of carbonyl (C=O) groups is 1. The third kappa shape index (κ3) is 3.03. The molecule has 0 aromatic heterocycles. The zero-order valence-corrected chi connectivity index (χ0v) is 13.3. The number of ether oxygens (including phenoxy) is 2. The number of fused-ring (bicyclic) bond motifs is 1. The number of hydrogen-bond acceptors (Lipinski definition) is 5. The van der Waals surface area contributed by atoms with E-state index < -0.39 is 5.60 Å². The monoisotopic (exact) mass is 309 g/mol. The molecule has 122 valence electrons. The standard InChI is InChI=1S/C16H23NO5/c1-4-7-21-13-9-11(10-19)8-12-14(13)22-16(2,3)15(20)17(12)5-6-18/h8-9,18-19H,4-7,10H2,1-3H3. The van der Waals surface area contributed by atoms with Crippen molar-refractivity contribution in [3.05, 3.63) is 17.7 Å². The van der Waals surface area contributed by atoms with Crippen molar-refractivity contribution in [2.45, 2.75) is 39.4 Å². The molecule has 0 aliphatic carbocycles. The number of nitrogens with zero attached hydrogens (tertiary/aromatic N) is 1. The molecule has 0 atom stereocenters. The molecule has 2 N–H and O–H groups in total. The smallest absolute Gasteiger partial charge is 0.270 e. The van der Waals surface area contributed by atoms with Crippen LogP contribution in [-0.2, 0) is 11.4 Å². The molecular weight excluding hydrogens is 286 g/mol. The second-order valence-corrected chi connectivity index (χ2v) is 5.74. The summed E-state index contributed by atoms with van der Waals surface area (Å²) in [5.41, 5.74) is 0.118. The van der Waals surface area contributed by atoms with Crippen LogP contribution in [0.5, 0.6) is 11.5 Å². The highest BCUT2D eigenvalue weighted by molar-refractivity contribution is 6.03. The molecule has 0 radical (unpaired) electrons. The Labute approximate surface area is 130 Å². The van der Waals surface area contributed by atoms with Gasteiger partial charge in [-0.3, -0.25) is 4.79 Å². The minimum atomic E-state index is -1.03. The zero-order chi connectivity index (χ0) is 16.3. The van der Waals surface area contributed by atoms with Crippen LogP contribution in [0.1, 0.15) is 32.8 Å². The second-order valence-electron chi connectivity index (χ2n) is 5.74. The lowest BCUT2D eigenvalue weighted by Crippen LogP contribution is -2.53. The molecule has 0 spiro atoms. The maximum absolute atomic E-state index is 12.5. The normalized spacial score (nSPS) is 16.2. The topological polar surface area (TPSA) is 79.2 Å². The summed E-state index contributed by atoms with van der Waals surface area (Å²) in [4.78, 5) is 14.0. The summed E-state index contributed by atoms with van der Waals surface area (Å²) in [5.74, 6) is 0.751. The van der Waals surface area contributed by atoms with Crippen molar-refractivity contribution >= 4 is 11.6 Å². The summed E-state index contributed by atoms with van der Waals surface area (Å²) in [7, 11) is 0. The Morgan fingerprint density at radius 3 is 2.64 bits per heavy atom. The summed E-state index contributed by atoms with van der Waals surface area (Å²) in [5, 5.41) is 18.7. The molecule has 0 saturated carbocycles. The Hall–Kier alpha value is -1.79. The number of carbonyl (C=O) groups excluding carboxylic acids is 1. The van der Waals surface area contributed by atoms with Gasteiger partial charge in [0.2, 0.25) is 0 Å². The Kier molecular flexibility index (Phi) is 4.93. The molecule has 1 aromatic carbocycles. The lowest BCUT2D eigenvalue weighted by molar-refractivity contribution is -0.132. The van der Waals surface area contributed by atoms with Crippen LogP contribution in [0.3, 0.4) is 0 Å². The van der Waals surface area contributed by atoms with Crippen molar-refractivity contribution in [2.24, 2.45) is 0 Å². The molecule has 6 nitrogen and oxygen atoms in total. The van der Waals surface area contributed by atoms with Gasteiger partial charge in [0, 0.05) is 6.54 Å². The fraction of sp³-hybridized carbons (Fsp3) is 0.562. The third-order valence-corrected chi connectivity index (χ3v) is 3.47. The molecule has 0 fully saturated rings. The minimum Gasteiger partial charge on any atom is -0.490 e. The van der Waals surface area contributed by atoms with E-state index in [0.29, 0.717) is 29.4 Å². The fourth-order valence-electron chi connectivity index (χ4n) is 2.41. The van der Waals surface area contributed by atoms with Crippen LogP contribution in [0.15, 0.2) is 12.1 Å². The van der Waals surface area contributed by atoms with Crippen molar-refractivity contribution in [3.8, 4) is 11.5 Å². The van der Waals surface area contributed by atoms with Gasteiger partial charge >= 0.3 is 0 Å². The molecule has 1 heterocycles. The van der Waals surface area contributed by atoms with Gasteiger partial charge in [-0.1, -0.05) is 6.92 Å². The molecular formula is C16H23NO5. The number of aliphatic hydroxyl groups is 2. The Balaban J connectivity index is 2.55.